The summed E-state index contributed by atoms with van der Waals surface area (Å²) in [7, 11) is 0. The van der Waals surface area contributed by atoms with Gasteiger partial charge in [-0.2, -0.15) is 0 Å². The van der Waals surface area contributed by atoms with Crippen LogP contribution in [-0.2, 0) is 0 Å². The number of benzene rings is 1. The van der Waals surface area contributed by atoms with E-state index in [2.05, 4.69) is 10.3 Å². The molecule has 0 saturated heterocycles. The third kappa shape index (κ3) is 2.90. The van der Waals surface area contributed by atoms with Gasteiger partial charge in [-0.05, 0) is 30.7 Å². The van der Waals surface area contributed by atoms with Crippen molar-refractivity contribution in [1.82, 2.24) is 4.98 Å². The summed E-state index contributed by atoms with van der Waals surface area (Å²) < 4.78 is 0. The van der Waals surface area contributed by atoms with Crippen LogP contribution in [0.3, 0.4) is 0 Å². The van der Waals surface area contributed by atoms with Gasteiger partial charge in [-0.3, -0.25) is 4.98 Å². The summed E-state index contributed by atoms with van der Waals surface area (Å²) >= 11 is 12.2. The number of halogens is 2. The number of rotatable bonds is 3. The third-order valence-corrected chi connectivity index (χ3v) is 3.33. The van der Waals surface area contributed by atoms with Gasteiger partial charge >= 0.3 is 0 Å². The molecule has 0 spiro atoms. The van der Waals surface area contributed by atoms with Crippen LogP contribution >= 0.6 is 23.2 Å². The highest BCUT2D eigenvalue weighted by molar-refractivity contribution is 6.42. The first kappa shape index (κ1) is 12.2. The standard InChI is InChI=1S/C13H12Cl2N2/c1-9(17-10-4-3-7-16-8-10)11-5-2-6-12(14)13(11)15/h2-9,17H,1H3. The molecule has 0 aliphatic carbocycles. The molecule has 0 aliphatic heterocycles. The molecule has 2 nitrogen and oxygen atoms in total. The predicted molar refractivity (Wildman–Crippen MR) is 72.7 cm³/mol. The van der Waals surface area contributed by atoms with Gasteiger partial charge in [0.1, 0.15) is 0 Å². The van der Waals surface area contributed by atoms with Crippen LogP contribution in [0, 0.1) is 0 Å². The van der Waals surface area contributed by atoms with Crippen molar-refractivity contribution in [3.63, 3.8) is 0 Å². The maximum atomic E-state index is 6.17. The predicted octanol–water partition coefficient (Wildman–Crippen LogP) is 4.56. The third-order valence-electron chi connectivity index (χ3n) is 2.49. The maximum Gasteiger partial charge on any atom is 0.0644 e. The molecule has 0 saturated carbocycles. The average Bonchev–Trinajstić information content (AvgIpc) is 2.34. The number of hydrogen-bond donors (Lipinski definition) is 1. The zero-order valence-electron chi connectivity index (χ0n) is 9.32. The van der Waals surface area contributed by atoms with Crippen molar-refractivity contribution in [2.45, 2.75) is 13.0 Å². The number of anilines is 1. The lowest BCUT2D eigenvalue weighted by Gasteiger charge is -2.17. The smallest absolute Gasteiger partial charge is 0.0644 e. The summed E-state index contributed by atoms with van der Waals surface area (Å²) in [6.07, 6.45) is 3.51. The highest BCUT2D eigenvalue weighted by atomic mass is 35.5. The van der Waals surface area contributed by atoms with Gasteiger partial charge in [0.05, 0.1) is 21.8 Å². The first-order valence-electron chi connectivity index (χ1n) is 5.29. The minimum Gasteiger partial charge on any atom is -0.377 e. The van der Waals surface area contributed by atoms with E-state index in [0.717, 1.165) is 11.3 Å². The first-order chi connectivity index (χ1) is 8.18. The number of pyridine rings is 1. The van der Waals surface area contributed by atoms with E-state index in [0.29, 0.717) is 10.0 Å². The Bertz CT molecular complexity index is 500. The number of nitrogens with one attached hydrogen (secondary N) is 1. The van der Waals surface area contributed by atoms with Gasteiger partial charge in [-0.1, -0.05) is 35.3 Å². The highest BCUT2D eigenvalue weighted by Crippen LogP contribution is 2.31. The fourth-order valence-electron chi connectivity index (χ4n) is 1.63. The fourth-order valence-corrected chi connectivity index (χ4v) is 2.10. The molecule has 88 valence electrons. The fraction of sp³-hybridized carbons (Fsp3) is 0.154. The molecule has 1 aromatic heterocycles. The van der Waals surface area contributed by atoms with Crippen LogP contribution in [0.15, 0.2) is 42.7 Å². The average molecular weight is 267 g/mol. The largest absolute Gasteiger partial charge is 0.377 e. The zero-order valence-corrected chi connectivity index (χ0v) is 10.8. The Balaban J connectivity index is 2.20. The van der Waals surface area contributed by atoms with Gasteiger partial charge in [-0.25, -0.2) is 0 Å². The van der Waals surface area contributed by atoms with Crippen LogP contribution < -0.4 is 5.32 Å². The minimum atomic E-state index is 0.0744. The molecule has 1 atom stereocenters. The van der Waals surface area contributed by atoms with Crippen molar-refractivity contribution in [3.8, 4) is 0 Å². The Morgan fingerprint density at radius 2 is 2.00 bits per heavy atom. The van der Waals surface area contributed by atoms with E-state index in [9.17, 15) is 0 Å². The molecular weight excluding hydrogens is 255 g/mol. The van der Waals surface area contributed by atoms with E-state index < -0.39 is 0 Å². The Hall–Kier alpha value is -1.25. The second-order valence-electron chi connectivity index (χ2n) is 3.75. The van der Waals surface area contributed by atoms with E-state index in [1.165, 1.54) is 0 Å². The van der Waals surface area contributed by atoms with Gasteiger partial charge < -0.3 is 5.32 Å². The summed E-state index contributed by atoms with van der Waals surface area (Å²) in [5.41, 5.74) is 1.93. The van der Waals surface area contributed by atoms with E-state index in [4.69, 9.17) is 23.2 Å². The second-order valence-corrected chi connectivity index (χ2v) is 4.54. The normalized spacial score (nSPS) is 12.2. The summed E-state index contributed by atoms with van der Waals surface area (Å²) in [6.45, 7) is 2.03. The van der Waals surface area contributed by atoms with Crippen molar-refractivity contribution >= 4 is 28.9 Å². The lowest BCUT2D eigenvalue weighted by atomic mass is 10.1. The lowest BCUT2D eigenvalue weighted by Crippen LogP contribution is -2.07. The van der Waals surface area contributed by atoms with Crippen molar-refractivity contribution in [3.05, 3.63) is 58.3 Å². The molecule has 1 heterocycles. The molecule has 2 rings (SSSR count). The van der Waals surface area contributed by atoms with Gasteiger partial charge in [0.2, 0.25) is 0 Å². The Morgan fingerprint density at radius 3 is 2.71 bits per heavy atom. The van der Waals surface area contributed by atoms with Gasteiger partial charge in [0.25, 0.3) is 0 Å². The molecule has 0 radical (unpaired) electrons. The highest BCUT2D eigenvalue weighted by Gasteiger charge is 2.11. The van der Waals surface area contributed by atoms with Crippen molar-refractivity contribution < 1.29 is 0 Å². The molecule has 0 fully saturated rings. The van der Waals surface area contributed by atoms with E-state index in [1.54, 1.807) is 18.5 Å². The molecule has 4 heteroatoms. The quantitative estimate of drug-likeness (QED) is 0.881. The molecular formula is C13H12Cl2N2. The number of hydrogen-bond acceptors (Lipinski definition) is 2. The summed E-state index contributed by atoms with van der Waals surface area (Å²) in [5.74, 6) is 0. The molecule has 2 aromatic rings. The number of aromatic nitrogens is 1. The topological polar surface area (TPSA) is 24.9 Å². The van der Waals surface area contributed by atoms with Crippen LogP contribution in [0.25, 0.3) is 0 Å². The van der Waals surface area contributed by atoms with E-state index in [-0.39, 0.29) is 6.04 Å². The number of nitrogens with zero attached hydrogens (tertiary/aromatic N) is 1. The molecule has 17 heavy (non-hydrogen) atoms. The Labute approximate surface area is 111 Å². The molecule has 0 aliphatic rings. The van der Waals surface area contributed by atoms with Crippen LogP contribution in [-0.4, -0.2) is 4.98 Å². The Morgan fingerprint density at radius 1 is 1.18 bits per heavy atom. The second kappa shape index (κ2) is 5.39. The Kier molecular flexibility index (Phi) is 3.87. The SMILES string of the molecule is CC(Nc1cccnc1)c1cccc(Cl)c1Cl. The molecule has 1 aromatic carbocycles. The van der Waals surface area contributed by atoms with Gasteiger partial charge in [0.15, 0.2) is 0 Å². The maximum absolute atomic E-state index is 6.17. The van der Waals surface area contributed by atoms with Crippen LogP contribution in [0.1, 0.15) is 18.5 Å². The molecule has 0 bridgehead atoms. The summed E-state index contributed by atoms with van der Waals surface area (Å²) in [4.78, 5) is 4.05. The summed E-state index contributed by atoms with van der Waals surface area (Å²) in [5, 5.41) is 4.49. The van der Waals surface area contributed by atoms with Crippen LogP contribution in [0.5, 0.6) is 0 Å². The molecule has 0 amide bonds. The van der Waals surface area contributed by atoms with Crippen LogP contribution in [0.4, 0.5) is 5.69 Å². The zero-order chi connectivity index (χ0) is 12.3. The monoisotopic (exact) mass is 266 g/mol. The van der Waals surface area contributed by atoms with Gasteiger partial charge in [-0.15, -0.1) is 0 Å². The lowest BCUT2D eigenvalue weighted by molar-refractivity contribution is 0.883. The van der Waals surface area contributed by atoms with Crippen molar-refractivity contribution in [1.29, 1.82) is 0 Å². The molecule has 1 unspecified atom stereocenters. The molecule has 1 N–H and O–H groups in total. The van der Waals surface area contributed by atoms with Crippen molar-refractivity contribution in [2.24, 2.45) is 0 Å². The summed E-state index contributed by atoms with van der Waals surface area (Å²) in [6, 6.07) is 9.55. The minimum absolute atomic E-state index is 0.0744. The van der Waals surface area contributed by atoms with E-state index >= 15 is 0 Å². The first-order valence-corrected chi connectivity index (χ1v) is 6.04. The van der Waals surface area contributed by atoms with E-state index in [1.807, 2.05) is 31.2 Å². The van der Waals surface area contributed by atoms with Crippen LogP contribution in [0.2, 0.25) is 10.0 Å². The van der Waals surface area contributed by atoms with Crippen molar-refractivity contribution in [2.75, 3.05) is 5.32 Å². The van der Waals surface area contributed by atoms with Gasteiger partial charge in [0, 0.05) is 12.4 Å².